The van der Waals surface area contributed by atoms with E-state index in [2.05, 4.69) is 5.32 Å². The highest BCUT2D eigenvalue weighted by atomic mass is 16.2. The van der Waals surface area contributed by atoms with Crippen LogP contribution in [0.25, 0.3) is 0 Å². The van der Waals surface area contributed by atoms with Gasteiger partial charge in [0, 0.05) is 23.5 Å². The minimum atomic E-state index is -0.230. The zero-order chi connectivity index (χ0) is 18.1. The van der Waals surface area contributed by atoms with Crippen LogP contribution in [-0.4, -0.2) is 16.3 Å². The highest BCUT2D eigenvalue weighted by molar-refractivity contribution is 6.08. The Morgan fingerprint density at radius 1 is 0.962 bits per heavy atom. The summed E-state index contributed by atoms with van der Waals surface area (Å²) in [6, 6.07) is 20.7. The highest BCUT2D eigenvalue weighted by Crippen LogP contribution is 2.32. The van der Waals surface area contributed by atoms with Crippen LogP contribution >= 0.6 is 0 Å². The topological polar surface area (TPSA) is 51.1 Å². The molecule has 1 atom stereocenters. The van der Waals surface area contributed by atoms with Crippen LogP contribution in [0.4, 0.5) is 5.69 Å². The summed E-state index contributed by atoms with van der Waals surface area (Å²) in [7, 11) is 0. The fourth-order valence-corrected chi connectivity index (χ4v) is 3.58. The van der Waals surface area contributed by atoms with Crippen molar-refractivity contribution in [1.82, 2.24) is 4.57 Å². The van der Waals surface area contributed by atoms with Crippen LogP contribution < -0.4 is 5.32 Å². The number of carbonyl (C=O) groups excluding carboxylic acids is 2. The summed E-state index contributed by atoms with van der Waals surface area (Å²) >= 11 is 0. The maximum absolute atomic E-state index is 12.8. The average Bonchev–Trinajstić information content (AvgIpc) is 3.25. The molecule has 1 amide bonds. The Labute approximate surface area is 152 Å². The van der Waals surface area contributed by atoms with Crippen LogP contribution in [0.5, 0.6) is 0 Å². The zero-order valence-corrected chi connectivity index (χ0v) is 14.6. The predicted molar refractivity (Wildman–Crippen MR) is 101 cm³/mol. The van der Waals surface area contributed by atoms with E-state index in [0.29, 0.717) is 24.2 Å². The SMILES string of the molecule is Cc1ccccc1NC(=O)C1CCn2c(C(=O)c3ccccc3)ccc21. The molecule has 130 valence electrons. The Hall–Kier alpha value is -3.14. The molecule has 1 aliphatic rings. The summed E-state index contributed by atoms with van der Waals surface area (Å²) in [5.74, 6) is -0.251. The van der Waals surface area contributed by atoms with Gasteiger partial charge in [0.05, 0.1) is 11.6 Å². The number of hydrogen-bond donors (Lipinski definition) is 1. The third-order valence-electron chi connectivity index (χ3n) is 5.00. The van der Waals surface area contributed by atoms with Gasteiger partial charge in [-0.1, -0.05) is 48.5 Å². The van der Waals surface area contributed by atoms with Crippen molar-refractivity contribution in [3.05, 3.63) is 89.2 Å². The lowest BCUT2D eigenvalue weighted by Crippen LogP contribution is -2.20. The van der Waals surface area contributed by atoms with E-state index in [1.807, 2.05) is 78.2 Å². The second-order valence-electron chi connectivity index (χ2n) is 6.64. The Morgan fingerprint density at radius 2 is 1.69 bits per heavy atom. The van der Waals surface area contributed by atoms with Gasteiger partial charge < -0.3 is 9.88 Å². The fraction of sp³-hybridized carbons (Fsp3) is 0.182. The molecule has 1 aromatic heterocycles. The molecule has 0 saturated heterocycles. The number of para-hydroxylation sites is 1. The van der Waals surface area contributed by atoms with Crippen molar-refractivity contribution in [2.75, 3.05) is 5.32 Å². The first kappa shape index (κ1) is 16.3. The summed E-state index contributed by atoms with van der Waals surface area (Å²) < 4.78 is 1.98. The molecule has 4 rings (SSSR count). The average molecular weight is 344 g/mol. The standard InChI is InChI=1S/C22H20N2O2/c1-15-7-5-6-10-18(15)23-22(26)17-13-14-24-19(17)11-12-20(24)21(25)16-8-3-2-4-9-16/h2-12,17H,13-14H2,1H3,(H,23,26). The van der Waals surface area contributed by atoms with Crippen molar-refractivity contribution in [1.29, 1.82) is 0 Å². The van der Waals surface area contributed by atoms with Gasteiger partial charge in [-0.05, 0) is 37.1 Å². The lowest BCUT2D eigenvalue weighted by molar-refractivity contribution is -0.117. The molecule has 3 aromatic rings. The number of anilines is 1. The Balaban J connectivity index is 1.58. The molecule has 0 saturated carbocycles. The number of ketones is 1. The van der Waals surface area contributed by atoms with Crippen molar-refractivity contribution in [2.45, 2.75) is 25.8 Å². The van der Waals surface area contributed by atoms with Crippen molar-refractivity contribution >= 4 is 17.4 Å². The van der Waals surface area contributed by atoms with Gasteiger partial charge in [0.2, 0.25) is 11.7 Å². The summed E-state index contributed by atoms with van der Waals surface area (Å²) in [5.41, 5.74) is 4.10. The van der Waals surface area contributed by atoms with Crippen molar-refractivity contribution in [2.24, 2.45) is 0 Å². The number of fused-ring (bicyclic) bond motifs is 1. The van der Waals surface area contributed by atoms with Crippen LogP contribution in [0.1, 0.15) is 39.6 Å². The van der Waals surface area contributed by atoms with Gasteiger partial charge in [-0.3, -0.25) is 9.59 Å². The van der Waals surface area contributed by atoms with Crippen LogP contribution in [0.3, 0.4) is 0 Å². The van der Waals surface area contributed by atoms with Crippen molar-refractivity contribution in [3.8, 4) is 0 Å². The minimum absolute atomic E-state index is 0.00295. The number of benzene rings is 2. The number of amides is 1. The molecule has 2 heterocycles. The van der Waals surface area contributed by atoms with Gasteiger partial charge in [-0.15, -0.1) is 0 Å². The molecular formula is C22H20N2O2. The Bertz CT molecular complexity index is 973. The van der Waals surface area contributed by atoms with Crippen LogP contribution in [-0.2, 0) is 11.3 Å². The van der Waals surface area contributed by atoms with Gasteiger partial charge in [-0.25, -0.2) is 0 Å². The summed E-state index contributed by atoms with van der Waals surface area (Å²) in [5, 5.41) is 3.03. The summed E-state index contributed by atoms with van der Waals surface area (Å²) in [6.07, 6.45) is 0.711. The molecule has 0 fully saturated rings. The molecule has 1 unspecified atom stereocenters. The van der Waals surface area contributed by atoms with Crippen LogP contribution in [0.15, 0.2) is 66.7 Å². The monoisotopic (exact) mass is 344 g/mol. The van der Waals surface area contributed by atoms with Crippen LogP contribution in [0, 0.1) is 6.92 Å². The smallest absolute Gasteiger partial charge is 0.233 e. The lowest BCUT2D eigenvalue weighted by Gasteiger charge is -2.12. The predicted octanol–water partition coefficient (Wildman–Crippen LogP) is 4.15. The van der Waals surface area contributed by atoms with Gasteiger partial charge in [0.25, 0.3) is 0 Å². The first-order valence-electron chi connectivity index (χ1n) is 8.81. The molecular weight excluding hydrogens is 324 g/mol. The fourth-order valence-electron chi connectivity index (χ4n) is 3.58. The zero-order valence-electron chi connectivity index (χ0n) is 14.6. The van der Waals surface area contributed by atoms with Gasteiger partial charge in [0.1, 0.15) is 0 Å². The third-order valence-corrected chi connectivity index (χ3v) is 5.00. The lowest BCUT2D eigenvalue weighted by atomic mass is 10.0. The first-order chi connectivity index (χ1) is 12.6. The van der Waals surface area contributed by atoms with E-state index < -0.39 is 0 Å². The summed E-state index contributed by atoms with van der Waals surface area (Å²) in [6.45, 7) is 2.66. The summed E-state index contributed by atoms with van der Waals surface area (Å²) in [4.78, 5) is 25.5. The normalized spacial score (nSPS) is 15.5. The maximum Gasteiger partial charge on any atom is 0.233 e. The Kier molecular flexibility index (Phi) is 4.17. The maximum atomic E-state index is 12.8. The second kappa shape index (κ2) is 6.64. The van der Waals surface area contributed by atoms with E-state index in [0.717, 1.165) is 16.9 Å². The number of rotatable bonds is 4. The van der Waals surface area contributed by atoms with E-state index in [9.17, 15) is 9.59 Å². The van der Waals surface area contributed by atoms with E-state index in [4.69, 9.17) is 0 Å². The van der Waals surface area contributed by atoms with E-state index >= 15 is 0 Å². The highest BCUT2D eigenvalue weighted by Gasteiger charge is 2.32. The van der Waals surface area contributed by atoms with E-state index in [1.54, 1.807) is 0 Å². The van der Waals surface area contributed by atoms with Crippen molar-refractivity contribution < 1.29 is 9.59 Å². The second-order valence-corrected chi connectivity index (χ2v) is 6.64. The molecule has 2 aromatic carbocycles. The number of nitrogens with zero attached hydrogens (tertiary/aromatic N) is 1. The number of aryl methyl sites for hydroxylation is 1. The largest absolute Gasteiger partial charge is 0.341 e. The molecule has 1 N–H and O–H groups in total. The first-order valence-corrected chi connectivity index (χ1v) is 8.81. The number of nitrogens with one attached hydrogen (secondary N) is 1. The Morgan fingerprint density at radius 3 is 2.46 bits per heavy atom. The molecule has 26 heavy (non-hydrogen) atoms. The molecule has 0 radical (unpaired) electrons. The molecule has 0 spiro atoms. The van der Waals surface area contributed by atoms with Gasteiger partial charge in [0.15, 0.2) is 0 Å². The van der Waals surface area contributed by atoms with Gasteiger partial charge >= 0.3 is 0 Å². The molecule has 0 bridgehead atoms. The quantitative estimate of drug-likeness (QED) is 0.723. The van der Waals surface area contributed by atoms with E-state index in [1.165, 1.54) is 0 Å². The molecule has 0 aliphatic carbocycles. The molecule has 1 aliphatic heterocycles. The number of aromatic nitrogens is 1. The van der Waals surface area contributed by atoms with E-state index in [-0.39, 0.29) is 17.6 Å². The van der Waals surface area contributed by atoms with Gasteiger partial charge in [-0.2, -0.15) is 0 Å². The minimum Gasteiger partial charge on any atom is -0.341 e. The van der Waals surface area contributed by atoms with Crippen LogP contribution in [0.2, 0.25) is 0 Å². The number of carbonyl (C=O) groups is 2. The third kappa shape index (κ3) is 2.84. The molecule has 4 heteroatoms. The number of hydrogen-bond acceptors (Lipinski definition) is 2. The van der Waals surface area contributed by atoms with Crippen molar-refractivity contribution in [3.63, 3.8) is 0 Å². The molecule has 4 nitrogen and oxygen atoms in total.